The van der Waals surface area contributed by atoms with Crippen molar-refractivity contribution < 1.29 is 4.79 Å². The molecule has 4 heteroatoms. The first kappa shape index (κ1) is 12.0. The molecule has 1 aliphatic rings. The van der Waals surface area contributed by atoms with Crippen LogP contribution in [0.5, 0.6) is 0 Å². The Balaban J connectivity index is 2.64. The van der Waals surface area contributed by atoms with Gasteiger partial charge in [0.15, 0.2) is 0 Å². The lowest BCUT2D eigenvalue weighted by Gasteiger charge is -2.36. The molecule has 3 N–H and O–H groups in total. The van der Waals surface area contributed by atoms with Gasteiger partial charge in [-0.2, -0.15) is 0 Å². The van der Waals surface area contributed by atoms with Gasteiger partial charge in [0.25, 0.3) is 0 Å². The largest absolute Gasteiger partial charge is 0.387 e. The van der Waals surface area contributed by atoms with Crippen LogP contribution in [0.2, 0.25) is 0 Å². The molecular formula is C11H21N3O. The van der Waals surface area contributed by atoms with Crippen LogP contribution in [0, 0.1) is 16.7 Å². The molecule has 4 nitrogen and oxygen atoms in total. The van der Waals surface area contributed by atoms with Gasteiger partial charge >= 0.3 is 0 Å². The number of amides is 1. The number of nitrogens with zero attached hydrogens (tertiary/aromatic N) is 1. The molecule has 1 rings (SSSR count). The van der Waals surface area contributed by atoms with Gasteiger partial charge in [0.2, 0.25) is 5.91 Å². The van der Waals surface area contributed by atoms with Crippen LogP contribution in [0.15, 0.2) is 0 Å². The minimum absolute atomic E-state index is 0.0602. The zero-order valence-corrected chi connectivity index (χ0v) is 9.84. The molecule has 1 saturated heterocycles. The Morgan fingerprint density at radius 3 is 2.53 bits per heavy atom. The van der Waals surface area contributed by atoms with E-state index in [9.17, 15) is 4.79 Å². The molecule has 1 amide bonds. The number of carbonyl (C=O) groups is 1. The quantitative estimate of drug-likeness (QED) is 0.505. The lowest BCUT2D eigenvalue weighted by molar-refractivity contribution is -0.140. The molecule has 0 unspecified atom stereocenters. The van der Waals surface area contributed by atoms with Gasteiger partial charge in [0, 0.05) is 24.4 Å². The van der Waals surface area contributed by atoms with E-state index in [1.165, 1.54) is 0 Å². The molecule has 0 saturated carbocycles. The lowest BCUT2D eigenvalue weighted by atomic mass is 9.91. The third-order valence-electron chi connectivity index (χ3n) is 2.79. The maximum atomic E-state index is 12.0. The minimum Gasteiger partial charge on any atom is -0.387 e. The average molecular weight is 211 g/mol. The maximum Gasteiger partial charge on any atom is 0.227 e. The highest BCUT2D eigenvalue weighted by Crippen LogP contribution is 2.23. The Morgan fingerprint density at radius 2 is 2.07 bits per heavy atom. The summed E-state index contributed by atoms with van der Waals surface area (Å²) in [5.74, 6) is 0.430. The van der Waals surface area contributed by atoms with Crippen LogP contribution in [0.3, 0.4) is 0 Å². The zero-order chi connectivity index (χ0) is 11.6. The van der Waals surface area contributed by atoms with E-state index < -0.39 is 0 Å². The second-order valence-corrected chi connectivity index (χ2v) is 5.30. The summed E-state index contributed by atoms with van der Waals surface area (Å²) in [5, 5.41) is 7.42. The van der Waals surface area contributed by atoms with Crippen LogP contribution >= 0.6 is 0 Å². The van der Waals surface area contributed by atoms with E-state index in [0.717, 1.165) is 19.4 Å². The van der Waals surface area contributed by atoms with Crippen LogP contribution < -0.4 is 5.73 Å². The Labute approximate surface area is 91.3 Å². The van der Waals surface area contributed by atoms with Crippen molar-refractivity contribution in [2.75, 3.05) is 13.1 Å². The number of hydrogen-bond acceptors (Lipinski definition) is 2. The van der Waals surface area contributed by atoms with E-state index >= 15 is 0 Å². The Bertz CT molecular complexity index is 267. The zero-order valence-electron chi connectivity index (χ0n) is 9.84. The fourth-order valence-electron chi connectivity index (χ4n) is 1.89. The molecule has 0 spiro atoms. The van der Waals surface area contributed by atoms with Gasteiger partial charge in [-0.05, 0) is 12.8 Å². The van der Waals surface area contributed by atoms with E-state index in [0.29, 0.717) is 6.54 Å². The number of nitrogens with two attached hydrogens (primary N) is 1. The molecule has 86 valence electrons. The van der Waals surface area contributed by atoms with Crippen LogP contribution in [-0.2, 0) is 4.79 Å². The Hall–Kier alpha value is -1.06. The van der Waals surface area contributed by atoms with Crippen molar-refractivity contribution in [3.63, 3.8) is 0 Å². The van der Waals surface area contributed by atoms with E-state index in [4.69, 9.17) is 11.1 Å². The predicted octanol–water partition coefficient (Wildman–Crippen LogP) is 1.21. The van der Waals surface area contributed by atoms with E-state index in [1.54, 1.807) is 0 Å². The summed E-state index contributed by atoms with van der Waals surface area (Å²) in [6.45, 7) is 7.19. The summed E-state index contributed by atoms with van der Waals surface area (Å²) in [6.07, 6.45) is 1.88. The number of likely N-dealkylation sites (tertiary alicyclic amines) is 1. The fourth-order valence-corrected chi connectivity index (χ4v) is 1.89. The molecule has 1 atom stereocenters. The molecule has 0 aromatic carbocycles. The molecule has 15 heavy (non-hydrogen) atoms. The third-order valence-corrected chi connectivity index (χ3v) is 2.79. The van der Waals surface area contributed by atoms with Crippen molar-refractivity contribution in [2.24, 2.45) is 17.1 Å². The smallest absolute Gasteiger partial charge is 0.227 e. The van der Waals surface area contributed by atoms with Crippen LogP contribution in [-0.4, -0.2) is 29.7 Å². The van der Waals surface area contributed by atoms with Gasteiger partial charge in [0.05, 0.1) is 5.84 Å². The SMILES string of the molecule is CC(C)(C)C(=O)N1CCC[C@@H](C(=N)N)C1. The van der Waals surface area contributed by atoms with E-state index in [2.05, 4.69) is 0 Å². The van der Waals surface area contributed by atoms with Crippen molar-refractivity contribution in [3.8, 4) is 0 Å². The van der Waals surface area contributed by atoms with Crippen LogP contribution in [0.25, 0.3) is 0 Å². The highest BCUT2D eigenvalue weighted by molar-refractivity contribution is 5.84. The first-order valence-electron chi connectivity index (χ1n) is 5.45. The van der Waals surface area contributed by atoms with Crippen molar-refractivity contribution in [2.45, 2.75) is 33.6 Å². The highest BCUT2D eigenvalue weighted by atomic mass is 16.2. The number of carbonyl (C=O) groups excluding carboxylic acids is 1. The Kier molecular flexibility index (Phi) is 3.37. The average Bonchev–Trinajstić information content (AvgIpc) is 2.15. The number of piperidine rings is 1. The second kappa shape index (κ2) is 4.21. The highest BCUT2D eigenvalue weighted by Gasteiger charge is 2.31. The number of amidine groups is 1. The third kappa shape index (κ3) is 2.94. The molecule has 0 aromatic rings. The van der Waals surface area contributed by atoms with Crippen molar-refractivity contribution in [1.29, 1.82) is 5.41 Å². The number of rotatable bonds is 1. The molecule has 1 aliphatic heterocycles. The summed E-state index contributed by atoms with van der Waals surface area (Å²) >= 11 is 0. The Morgan fingerprint density at radius 1 is 1.47 bits per heavy atom. The van der Waals surface area contributed by atoms with Gasteiger partial charge in [-0.25, -0.2) is 0 Å². The topological polar surface area (TPSA) is 70.2 Å². The summed E-state index contributed by atoms with van der Waals surface area (Å²) < 4.78 is 0. The normalized spacial score (nSPS) is 22.6. The molecule has 1 fully saturated rings. The van der Waals surface area contributed by atoms with Crippen LogP contribution in [0.4, 0.5) is 0 Å². The fraction of sp³-hybridized carbons (Fsp3) is 0.818. The van der Waals surface area contributed by atoms with Gasteiger partial charge in [-0.3, -0.25) is 10.2 Å². The first-order chi connectivity index (χ1) is 6.82. The summed E-state index contributed by atoms with van der Waals surface area (Å²) in [5.41, 5.74) is 5.15. The standard InChI is InChI=1S/C11H21N3O/c1-11(2,3)10(15)14-6-4-5-8(7-14)9(12)13/h8H,4-7H2,1-3H3,(H3,12,13)/t8-/m1/s1. The monoisotopic (exact) mass is 211 g/mol. The maximum absolute atomic E-state index is 12.0. The first-order valence-corrected chi connectivity index (χ1v) is 5.45. The summed E-state index contributed by atoms with van der Waals surface area (Å²) in [7, 11) is 0. The summed E-state index contributed by atoms with van der Waals surface area (Å²) in [6, 6.07) is 0. The van der Waals surface area contributed by atoms with Crippen molar-refractivity contribution in [3.05, 3.63) is 0 Å². The number of hydrogen-bond donors (Lipinski definition) is 2. The van der Waals surface area contributed by atoms with Crippen molar-refractivity contribution in [1.82, 2.24) is 4.90 Å². The predicted molar refractivity (Wildman–Crippen MR) is 60.7 cm³/mol. The second-order valence-electron chi connectivity index (χ2n) is 5.30. The van der Waals surface area contributed by atoms with E-state index in [-0.39, 0.29) is 23.1 Å². The van der Waals surface area contributed by atoms with Gasteiger partial charge in [-0.15, -0.1) is 0 Å². The minimum atomic E-state index is -0.335. The van der Waals surface area contributed by atoms with Crippen LogP contribution in [0.1, 0.15) is 33.6 Å². The molecule has 0 bridgehead atoms. The molecule has 0 radical (unpaired) electrons. The molecule has 0 aliphatic carbocycles. The van der Waals surface area contributed by atoms with Crippen molar-refractivity contribution >= 4 is 11.7 Å². The van der Waals surface area contributed by atoms with E-state index in [1.807, 2.05) is 25.7 Å². The number of nitrogens with one attached hydrogen (secondary N) is 1. The van der Waals surface area contributed by atoms with Gasteiger partial charge < -0.3 is 10.6 Å². The lowest BCUT2D eigenvalue weighted by Crippen LogP contribution is -2.47. The molecule has 0 aromatic heterocycles. The van der Waals surface area contributed by atoms with Gasteiger partial charge in [-0.1, -0.05) is 20.8 Å². The molecular weight excluding hydrogens is 190 g/mol. The molecule has 1 heterocycles. The van der Waals surface area contributed by atoms with Gasteiger partial charge in [0.1, 0.15) is 0 Å². The summed E-state index contributed by atoms with van der Waals surface area (Å²) in [4.78, 5) is 13.8.